The second-order valence-corrected chi connectivity index (χ2v) is 5.89. The Kier molecular flexibility index (Phi) is 4.95. The van der Waals surface area contributed by atoms with Gasteiger partial charge in [-0.15, -0.1) is 0 Å². The van der Waals surface area contributed by atoms with Gasteiger partial charge in [-0.25, -0.2) is 0 Å². The molecule has 0 aromatic heterocycles. The van der Waals surface area contributed by atoms with E-state index in [0.29, 0.717) is 18.8 Å². The molecule has 1 saturated heterocycles. The molecule has 102 valence electrons. The van der Waals surface area contributed by atoms with Gasteiger partial charge >= 0.3 is 11.8 Å². The first-order valence-corrected chi connectivity index (χ1v) is 7.42. The van der Waals surface area contributed by atoms with E-state index in [1.807, 2.05) is 6.07 Å². The Bertz CT molecular complexity index is 502. The van der Waals surface area contributed by atoms with Gasteiger partial charge in [0.1, 0.15) is 0 Å². The molecular formula is C12H13Br2N3O2. The summed E-state index contributed by atoms with van der Waals surface area (Å²) in [6, 6.07) is 5.34. The Morgan fingerprint density at radius 2 is 1.89 bits per heavy atom. The Balaban J connectivity index is 2.01. The molecular weight excluding hydrogens is 378 g/mol. The average molecular weight is 391 g/mol. The molecule has 0 saturated carbocycles. The van der Waals surface area contributed by atoms with Crippen molar-refractivity contribution in [1.82, 2.24) is 10.2 Å². The van der Waals surface area contributed by atoms with E-state index in [4.69, 9.17) is 0 Å². The van der Waals surface area contributed by atoms with Gasteiger partial charge in [-0.1, -0.05) is 15.9 Å². The molecule has 1 aliphatic rings. The number of hydrogen-bond donors (Lipinski definition) is 2. The van der Waals surface area contributed by atoms with E-state index in [2.05, 4.69) is 42.5 Å². The Morgan fingerprint density at radius 3 is 2.53 bits per heavy atom. The number of rotatable bonds is 1. The first kappa shape index (κ1) is 14.5. The SMILES string of the molecule is O=C(Nc1ccc(Br)cc1Br)C(=O)N1CCNCC1. The van der Waals surface area contributed by atoms with E-state index in [-0.39, 0.29) is 0 Å². The van der Waals surface area contributed by atoms with Crippen LogP contribution in [-0.2, 0) is 9.59 Å². The molecule has 0 unspecified atom stereocenters. The van der Waals surface area contributed by atoms with Gasteiger partial charge in [-0.3, -0.25) is 9.59 Å². The lowest BCUT2D eigenvalue weighted by atomic mass is 10.3. The molecule has 1 aromatic carbocycles. The van der Waals surface area contributed by atoms with Crippen LogP contribution in [0.15, 0.2) is 27.1 Å². The van der Waals surface area contributed by atoms with Crippen molar-refractivity contribution in [3.63, 3.8) is 0 Å². The number of halogens is 2. The predicted octanol–water partition coefficient (Wildman–Crippen LogP) is 1.58. The number of piperazine rings is 1. The molecule has 19 heavy (non-hydrogen) atoms. The van der Waals surface area contributed by atoms with Crippen LogP contribution in [0, 0.1) is 0 Å². The molecule has 2 rings (SSSR count). The van der Waals surface area contributed by atoms with Crippen LogP contribution in [0.2, 0.25) is 0 Å². The highest BCUT2D eigenvalue weighted by molar-refractivity contribution is 9.11. The largest absolute Gasteiger partial charge is 0.332 e. The smallest absolute Gasteiger partial charge is 0.313 e. The Morgan fingerprint density at radius 1 is 1.21 bits per heavy atom. The minimum atomic E-state index is -0.607. The summed E-state index contributed by atoms with van der Waals surface area (Å²) < 4.78 is 1.62. The molecule has 7 heteroatoms. The van der Waals surface area contributed by atoms with Gasteiger partial charge < -0.3 is 15.5 Å². The maximum Gasteiger partial charge on any atom is 0.313 e. The predicted molar refractivity (Wildman–Crippen MR) is 79.9 cm³/mol. The summed E-state index contributed by atoms with van der Waals surface area (Å²) in [4.78, 5) is 25.4. The van der Waals surface area contributed by atoms with Gasteiger partial charge in [0.05, 0.1) is 5.69 Å². The molecule has 1 fully saturated rings. The fourth-order valence-electron chi connectivity index (χ4n) is 1.78. The molecule has 0 spiro atoms. The third-order valence-electron chi connectivity index (χ3n) is 2.78. The van der Waals surface area contributed by atoms with Crippen molar-refractivity contribution >= 4 is 49.4 Å². The van der Waals surface area contributed by atoms with Gasteiger partial charge in [0, 0.05) is 35.1 Å². The van der Waals surface area contributed by atoms with Crippen LogP contribution < -0.4 is 10.6 Å². The summed E-state index contributed by atoms with van der Waals surface area (Å²) in [5.74, 6) is -1.10. The van der Waals surface area contributed by atoms with E-state index < -0.39 is 11.8 Å². The van der Waals surface area contributed by atoms with Crippen molar-refractivity contribution in [2.45, 2.75) is 0 Å². The number of amides is 2. The van der Waals surface area contributed by atoms with Crippen LogP contribution in [0.1, 0.15) is 0 Å². The zero-order chi connectivity index (χ0) is 13.8. The number of hydrogen-bond acceptors (Lipinski definition) is 3. The quantitative estimate of drug-likeness (QED) is 0.715. The molecule has 5 nitrogen and oxygen atoms in total. The van der Waals surface area contributed by atoms with Crippen molar-refractivity contribution in [1.29, 1.82) is 0 Å². The van der Waals surface area contributed by atoms with E-state index in [0.717, 1.165) is 22.0 Å². The second-order valence-electron chi connectivity index (χ2n) is 4.12. The summed E-state index contributed by atoms with van der Waals surface area (Å²) in [6.07, 6.45) is 0. The van der Waals surface area contributed by atoms with Crippen molar-refractivity contribution < 1.29 is 9.59 Å². The summed E-state index contributed by atoms with van der Waals surface area (Å²) in [6.45, 7) is 2.57. The zero-order valence-electron chi connectivity index (χ0n) is 10.1. The van der Waals surface area contributed by atoms with E-state index in [9.17, 15) is 9.59 Å². The molecule has 1 heterocycles. The van der Waals surface area contributed by atoms with Crippen LogP contribution in [-0.4, -0.2) is 42.9 Å². The minimum absolute atomic E-state index is 0.490. The van der Waals surface area contributed by atoms with Crippen molar-refractivity contribution in [2.75, 3.05) is 31.5 Å². The van der Waals surface area contributed by atoms with E-state index in [1.54, 1.807) is 17.0 Å². The number of carbonyl (C=O) groups excluding carboxylic acids is 2. The summed E-state index contributed by atoms with van der Waals surface area (Å²) in [5.41, 5.74) is 0.580. The molecule has 1 aromatic rings. The number of carbonyl (C=O) groups is 2. The van der Waals surface area contributed by atoms with Crippen LogP contribution in [0.5, 0.6) is 0 Å². The number of nitrogens with one attached hydrogen (secondary N) is 2. The molecule has 0 aliphatic carbocycles. The highest BCUT2D eigenvalue weighted by Gasteiger charge is 2.23. The number of benzene rings is 1. The lowest BCUT2D eigenvalue weighted by molar-refractivity contribution is -0.143. The zero-order valence-corrected chi connectivity index (χ0v) is 13.3. The molecule has 0 atom stereocenters. The van der Waals surface area contributed by atoms with Gasteiger partial charge in [-0.05, 0) is 34.1 Å². The maximum atomic E-state index is 11.9. The van der Waals surface area contributed by atoms with E-state index in [1.165, 1.54) is 0 Å². The molecule has 2 amide bonds. The first-order valence-electron chi connectivity index (χ1n) is 5.84. The van der Waals surface area contributed by atoms with Gasteiger partial charge in [0.2, 0.25) is 0 Å². The molecule has 0 radical (unpaired) electrons. The standard InChI is InChI=1S/C12H13Br2N3O2/c13-8-1-2-10(9(14)7-8)16-11(18)12(19)17-5-3-15-4-6-17/h1-2,7,15H,3-6H2,(H,16,18). The van der Waals surface area contributed by atoms with Gasteiger partial charge in [0.25, 0.3) is 0 Å². The monoisotopic (exact) mass is 389 g/mol. The Hall–Kier alpha value is -0.920. The topological polar surface area (TPSA) is 61.4 Å². The van der Waals surface area contributed by atoms with Crippen LogP contribution in [0.4, 0.5) is 5.69 Å². The maximum absolute atomic E-state index is 11.9. The fourth-order valence-corrected chi connectivity index (χ4v) is 2.92. The van der Waals surface area contributed by atoms with Crippen molar-refractivity contribution in [3.05, 3.63) is 27.1 Å². The second kappa shape index (κ2) is 6.49. The molecule has 0 bridgehead atoms. The van der Waals surface area contributed by atoms with Crippen LogP contribution in [0.3, 0.4) is 0 Å². The minimum Gasteiger partial charge on any atom is -0.332 e. The third kappa shape index (κ3) is 3.77. The highest BCUT2D eigenvalue weighted by atomic mass is 79.9. The van der Waals surface area contributed by atoms with E-state index >= 15 is 0 Å². The first-order chi connectivity index (χ1) is 9.08. The molecule has 2 N–H and O–H groups in total. The average Bonchev–Trinajstić information content (AvgIpc) is 2.42. The highest BCUT2D eigenvalue weighted by Crippen LogP contribution is 2.26. The lowest BCUT2D eigenvalue weighted by Gasteiger charge is -2.26. The molecule has 1 aliphatic heterocycles. The summed E-state index contributed by atoms with van der Waals surface area (Å²) >= 11 is 6.67. The van der Waals surface area contributed by atoms with Gasteiger partial charge in [-0.2, -0.15) is 0 Å². The summed E-state index contributed by atoms with van der Waals surface area (Å²) in [7, 11) is 0. The lowest BCUT2D eigenvalue weighted by Crippen LogP contribution is -2.49. The van der Waals surface area contributed by atoms with Crippen LogP contribution in [0.25, 0.3) is 0 Å². The number of nitrogens with zero attached hydrogens (tertiary/aromatic N) is 1. The fraction of sp³-hybridized carbons (Fsp3) is 0.333. The normalized spacial score (nSPS) is 15.2. The van der Waals surface area contributed by atoms with Crippen LogP contribution >= 0.6 is 31.9 Å². The number of anilines is 1. The Labute approximate surface area is 128 Å². The van der Waals surface area contributed by atoms with Gasteiger partial charge in [0.15, 0.2) is 0 Å². The van der Waals surface area contributed by atoms with Crippen molar-refractivity contribution in [3.8, 4) is 0 Å². The third-order valence-corrected chi connectivity index (χ3v) is 3.93. The summed E-state index contributed by atoms with van der Waals surface area (Å²) in [5, 5.41) is 5.75. The van der Waals surface area contributed by atoms with Crippen molar-refractivity contribution in [2.24, 2.45) is 0 Å².